The number of aromatic nitrogens is 2. The van der Waals surface area contributed by atoms with E-state index in [1.54, 1.807) is 11.6 Å². The molecule has 1 fully saturated rings. The molecule has 0 radical (unpaired) electrons. The number of rotatable bonds is 3. The van der Waals surface area contributed by atoms with Gasteiger partial charge in [-0.1, -0.05) is 6.08 Å². The van der Waals surface area contributed by atoms with Gasteiger partial charge in [-0.3, -0.25) is 4.79 Å². The molecule has 138 valence electrons. The molecule has 0 bridgehead atoms. The standard InChI is InChI=1S/C20H25N3O3/c1-23-19(24)12-22-17-10-14(13-6-8-25-9-7-13)11-18(20(17)23)26-16-4-2-15(21)3-5-16/h6,10-12,15-16H,2-5,7-9,21H2,1H3. The van der Waals surface area contributed by atoms with Gasteiger partial charge in [0.05, 0.1) is 31.0 Å². The first-order valence-electron chi connectivity index (χ1n) is 9.31. The summed E-state index contributed by atoms with van der Waals surface area (Å²) in [6, 6.07) is 4.36. The number of fused-ring (bicyclic) bond motifs is 1. The van der Waals surface area contributed by atoms with E-state index >= 15 is 0 Å². The quantitative estimate of drug-likeness (QED) is 0.914. The molecule has 1 aromatic heterocycles. The Labute approximate surface area is 152 Å². The number of nitrogens with two attached hydrogens (primary N) is 1. The molecular formula is C20H25N3O3. The van der Waals surface area contributed by atoms with Gasteiger partial charge in [-0.25, -0.2) is 4.98 Å². The lowest BCUT2D eigenvalue weighted by Gasteiger charge is -2.27. The zero-order valence-corrected chi connectivity index (χ0v) is 15.1. The number of nitrogens with zero attached hydrogens (tertiary/aromatic N) is 2. The molecule has 4 rings (SSSR count). The van der Waals surface area contributed by atoms with Crippen LogP contribution in [0.15, 0.2) is 29.2 Å². The van der Waals surface area contributed by atoms with Crippen molar-refractivity contribution in [1.82, 2.24) is 9.55 Å². The Hall–Kier alpha value is -2.18. The van der Waals surface area contributed by atoms with Crippen LogP contribution in [0.1, 0.15) is 37.7 Å². The summed E-state index contributed by atoms with van der Waals surface area (Å²) in [5, 5.41) is 0. The summed E-state index contributed by atoms with van der Waals surface area (Å²) < 4.78 is 13.4. The fourth-order valence-electron chi connectivity index (χ4n) is 3.80. The highest BCUT2D eigenvalue weighted by molar-refractivity contribution is 5.86. The minimum atomic E-state index is -0.133. The van der Waals surface area contributed by atoms with E-state index in [1.807, 2.05) is 6.07 Å². The first-order chi connectivity index (χ1) is 12.6. The average molecular weight is 355 g/mol. The molecule has 1 saturated carbocycles. The van der Waals surface area contributed by atoms with Gasteiger partial charge in [0.15, 0.2) is 0 Å². The summed E-state index contributed by atoms with van der Waals surface area (Å²) in [6.45, 7) is 1.35. The minimum Gasteiger partial charge on any atom is -0.488 e. The molecule has 1 aliphatic carbocycles. The van der Waals surface area contributed by atoms with Gasteiger partial charge < -0.3 is 19.8 Å². The van der Waals surface area contributed by atoms with Crippen LogP contribution in [0, 0.1) is 0 Å². The molecule has 0 amide bonds. The van der Waals surface area contributed by atoms with Crippen molar-refractivity contribution in [3.05, 3.63) is 40.3 Å². The second kappa shape index (κ2) is 7.21. The SMILES string of the molecule is Cn1c(=O)cnc2cc(C3=CCOCC3)cc(OC3CCC(N)CC3)c21. The Morgan fingerprint density at radius 2 is 2.08 bits per heavy atom. The summed E-state index contributed by atoms with van der Waals surface area (Å²) in [4.78, 5) is 16.5. The van der Waals surface area contributed by atoms with Crippen LogP contribution in [0.2, 0.25) is 0 Å². The maximum Gasteiger partial charge on any atom is 0.269 e. The molecule has 2 heterocycles. The molecule has 0 saturated heterocycles. The topological polar surface area (TPSA) is 79.4 Å². The van der Waals surface area contributed by atoms with Gasteiger partial charge in [-0.2, -0.15) is 0 Å². The number of benzene rings is 1. The smallest absolute Gasteiger partial charge is 0.269 e. The van der Waals surface area contributed by atoms with E-state index in [-0.39, 0.29) is 17.7 Å². The fraction of sp³-hybridized carbons (Fsp3) is 0.500. The maximum absolute atomic E-state index is 12.1. The van der Waals surface area contributed by atoms with Crippen molar-refractivity contribution in [2.75, 3.05) is 13.2 Å². The number of hydrogen-bond acceptors (Lipinski definition) is 5. The Morgan fingerprint density at radius 1 is 1.27 bits per heavy atom. The van der Waals surface area contributed by atoms with E-state index in [0.29, 0.717) is 6.61 Å². The molecule has 2 N–H and O–H groups in total. The van der Waals surface area contributed by atoms with Crippen LogP contribution in [-0.4, -0.2) is 34.9 Å². The molecule has 6 nitrogen and oxygen atoms in total. The van der Waals surface area contributed by atoms with E-state index in [1.165, 1.54) is 11.8 Å². The van der Waals surface area contributed by atoms with Gasteiger partial charge in [0, 0.05) is 13.1 Å². The molecule has 1 aromatic carbocycles. The zero-order chi connectivity index (χ0) is 18.1. The molecule has 6 heteroatoms. The van der Waals surface area contributed by atoms with Crippen LogP contribution in [0.5, 0.6) is 5.75 Å². The van der Waals surface area contributed by atoms with Gasteiger partial charge in [0.2, 0.25) is 0 Å². The van der Waals surface area contributed by atoms with Gasteiger partial charge in [-0.15, -0.1) is 0 Å². The van der Waals surface area contributed by atoms with Crippen LogP contribution >= 0.6 is 0 Å². The lowest BCUT2D eigenvalue weighted by atomic mass is 9.93. The average Bonchev–Trinajstić information content (AvgIpc) is 2.67. The zero-order valence-electron chi connectivity index (χ0n) is 15.1. The van der Waals surface area contributed by atoms with Gasteiger partial charge >= 0.3 is 0 Å². The highest BCUT2D eigenvalue weighted by Gasteiger charge is 2.22. The van der Waals surface area contributed by atoms with E-state index in [0.717, 1.165) is 61.1 Å². The molecular weight excluding hydrogens is 330 g/mol. The van der Waals surface area contributed by atoms with Crippen molar-refractivity contribution < 1.29 is 9.47 Å². The van der Waals surface area contributed by atoms with Crippen LogP contribution in [0.4, 0.5) is 0 Å². The van der Waals surface area contributed by atoms with Crippen LogP contribution in [0.3, 0.4) is 0 Å². The Bertz CT molecular complexity index is 895. The Kier molecular flexibility index (Phi) is 4.78. The third-order valence-electron chi connectivity index (χ3n) is 5.38. The number of ether oxygens (including phenoxy) is 2. The summed E-state index contributed by atoms with van der Waals surface area (Å²) in [5.74, 6) is 0.734. The predicted molar refractivity (Wildman–Crippen MR) is 101 cm³/mol. The molecule has 2 aliphatic rings. The second-order valence-electron chi connectivity index (χ2n) is 7.21. The fourth-order valence-corrected chi connectivity index (χ4v) is 3.80. The summed E-state index contributed by atoms with van der Waals surface area (Å²) in [7, 11) is 1.77. The largest absolute Gasteiger partial charge is 0.488 e. The monoisotopic (exact) mass is 355 g/mol. The van der Waals surface area contributed by atoms with Crippen LogP contribution < -0.4 is 16.0 Å². The first kappa shape index (κ1) is 17.2. The van der Waals surface area contributed by atoms with E-state index in [2.05, 4.69) is 17.1 Å². The third-order valence-corrected chi connectivity index (χ3v) is 5.38. The van der Waals surface area contributed by atoms with Crippen molar-refractivity contribution in [2.24, 2.45) is 12.8 Å². The third kappa shape index (κ3) is 3.39. The molecule has 26 heavy (non-hydrogen) atoms. The first-order valence-corrected chi connectivity index (χ1v) is 9.31. The summed E-state index contributed by atoms with van der Waals surface area (Å²) in [5.41, 5.74) is 9.75. The summed E-state index contributed by atoms with van der Waals surface area (Å²) in [6.07, 6.45) is 8.31. The molecule has 0 atom stereocenters. The molecule has 2 aromatic rings. The van der Waals surface area contributed by atoms with Gasteiger partial charge in [-0.05, 0) is 55.4 Å². The van der Waals surface area contributed by atoms with Gasteiger partial charge in [0.25, 0.3) is 5.56 Å². The normalized spacial score (nSPS) is 23.7. The van der Waals surface area contributed by atoms with Crippen molar-refractivity contribution in [2.45, 2.75) is 44.2 Å². The van der Waals surface area contributed by atoms with E-state index in [9.17, 15) is 4.79 Å². The number of hydrogen-bond donors (Lipinski definition) is 1. The highest BCUT2D eigenvalue weighted by atomic mass is 16.5. The molecule has 0 unspecified atom stereocenters. The number of aryl methyl sites for hydroxylation is 1. The minimum absolute atomic E-state index is 0.132. The van der Waals surface area contributed by atoms with Crippen molar-refractivity contribution in [3.8, 4) is 5.75 Å². The van der Waals surface area contributed by atoms with Gasteiger partial charge in [0.1, 0.15) is 11.3 Å². The Morgan fingerprint density at radius 3 is 2.81 bits per heavy atom. The van der Waals surface area contributed by atoms with E-state index in [4.69, 9.17) is 15.2 Å². The van der Waals surface area contributed by atoms with Crippen LogP contribution in [-0.2, 0) is 11.8 Å². The lowest BCUT2D eigenvalue weighted by molar-refractivity contribution is 0.148. The predicted octanol–water partition coefficient (Wildman–Crippen LogP) is 2.39. The van der Waals surface area contributed by atoms with Crippen molar-refractivity contribution in [3.63, 3.8) is 0 Å². The van der Waals surface area contributed by atoms with Crippen LogP contribution in [0.25, 0.3) is 16.6 Å². The highest BCUT2D eigenvalue weighted by Crippen LogP contribution is 2.33. The summed E-state index contributed by atoms with van der Waals surface area (Å²) >= 11 is 0. The second-order valence-corrected chi connectivity index (χ2v) is 7.21. The van der Waals surface area contributed by atoms with Crippen molar-refractivity contribution >= 4 is 16.6 Å². The molecule has 0 spiro atoms. The van der Waals surface area contributed by atoms with E-state index < -0.39 is 0 Å². The molecule has 1 aliphatic heterocycles. The van der Waals surface area contributed by atoms with Crippen molar-refractivity contribution in [1.29, 1.82) is 0 Å². The Balaban J connectivity index is 1.78. The lowest BCUT2D eigenvalue weighted by Crippen LogP contribution is -2.32. The maximum atomic E-state index is 12.1.